The summed E-state index contributed by atoms with van der Waals surface area (Å²) in [5, 5.41) is 16.8. The summed E-state index contributed by atoms with van der Waals surface area (Å²) >= 11 is 0. The molecular formula is C22H30N6O5. The summed E-state index contributed by atoms with van der Waals surface area (Å²) in [7, 11) is 0. The zero-order valence-corrected chi connectivity index (χ0v) is 18.6. The molecule has 0 fully saturated rings. The third-order valence-corrected chi connectivity index (χ3v) is 4.97. The van der Waals surface area contributed by atoms with Crippen molar-refractivity contribution in [3.63, 3.8) is 0 Å². The number of amides is 3. The van der Waals surface area contributed by atoms with Crippen LogP contribution in [-0.4, -0.2) is 63.4 Å². The van der Waals surface area contributed by atoms with Gasteiger partial charge in [0.1, 0.15) is 12.1 Å². The van der Waals surface area contributed by atoms with Crippen LogP contribution in [0.2, 0.25) is 0 Å². The molecule has 3 unspecified atom stereocenters. The number of nitrogens with zero attached hydrogens (tertiary/aromatic N) is 1. The Kier molecular flexibility index (Phi) is 9.55. The van der Waals surface area contributed by atoms with Gasteiger partial charge in [-0.25, -0.2) is 9.78 Å². The highest BCUT2D eigenvalue weighted by Gasteiger charge is 2.26. The molecule has 3 amide bonds. The first-order valence-corrected chi connectivity index (χ1v) is 10.5. The minimum absolute atomic E-state index is 0.00873. The molecule has 2 rings (SSSR count). The molecule has 0 spiro atoms. The maximum Gasteiger partial charge on any atom is 0.326 e. The number of carbonyl (C=O) groups is 4. The van der Waals surface area contributed by atoms with Gasteiger partial charge < -0.3 is 31.8 Å². The van der Waals surface area contributed by atoms with Gasteiger partial charge in [0, 0.05) is 24.7 Å². The van der Waals surface area contributed by atoms with Crippen molar-refractivity contribution in [2.75, 3.05) is 6.54 Å². The standard InChI is InChI=1S/C22H30N6O5/c1-13(2)19(23)21(31)28-16(8-14-6-4-3-5-7-14)20(30)25-11-18(29)27-17(22(32)33)9-15-10-24-12-26-15/h3-7,10,12-13,16-17,19H,8-9,11,23H2,1-2H3,(H,24,26)(H,25,30)(H,27,29)(H,28,31)(H,32,33). The van der Waals surface area contributed by atoms with Crippen LogP contribution < -0.4 is 21.7 Å². The van der Waals surface area contributed by atoms with Crippen molar-refractivity contribution < 1.29 is 24.3 Å². The molecule has 0 aliphatic heterocycles. The number of hydrogen-bond acceptors (Lipinski definition) is 6. The lowest BCUT2D eigenvalue weighted by molar-refractivity contribution is -0.141. The second kappa shape index (κ2) is 12.3. The van der Waals surface area contributed by atoms with Gasteiger partial charge in [-0.2, -0.15) is 0 Å². The van der Waals surface area contributed by atoms with Crippen LogP contribution in [0.3, 0.4) is 0 Å². The molecule has 2 aromatic rings. The molecule has 11 nitrogen and oxygen atoms in total. The van der Waals surface area contributed by atoms with E-state index >= 15 is 0 Å². The Balaban J connectivity index is 1.99. The summed E-state index contributed by atoms with van der Waals surface area (Å²) in [5.41, 5.74) is 7.24. The molecule has 33 heavy (non-hydrogen) atoms. The van der Waals surface area contributed by atoms with Crippen molar-refractivity contribution in [1.29, 1.82) is 0 Å². The number of nitrogens with one attached hydrogen (secondary N) is 4. The van der Waals surface area contributed by atoms with Gasteiger partial charge in [0.25, 0.3) is 0 Å². The fourth-order valence-corrected chi connectivity index (χ4v) is 2.98. The lowest BCUT2D eigenvalue weighted by Crippen LogP contribution is -2.55. The Morgan fingerprint density at radius 3 is 2.30 bits per heavy atom. The van der Waals surface area contributed by atoms with Crippen LogP contribution in [0, 0.1) is 5.92 Å². The van der Waals surface area contributed by atoms with Crippen molar-refractivity contribution in [2.24, 2.45) is 11.7 Å². The Labute approximate surface area is 191 Å². The molecule has 0 saturated carbocycles. The van der Waals surface area contributed by atoms with Crippen LogP contribution in [0.4, 0.5) is 0 Å². The number of hydrogen-bond donors (Lipinski definition) is 6. The van der Waals surface area contributed by atoms with E-state index in [0.717, 1.165) is 5.56 Å². The number of imidazole rings is 1. The minimum Gasteiger partial charge on any atom is -0.480 e. The third-order valence-electron chi connectivity index (χ3n) is 4.97. The van der Waals surface area contributed by atoms with Gasteiger partial charge in [0.05, 0.1) is 18.9 Å². The molecule has 0 aliphatic carbocycles. The molecule has 0 aliphatic rings. The summed E-state index contributed by atoms with van der Waals surface area (Å²) in [4.78, 5) is 55.5. The highest BCUT2D eigenvalue weighted by molar-refractivity contribution is 5.92. The number of H-pyrrole nitrogens is 1. The molecule has 0 radical (unpaired) electrons. The quantitative estimate of drug-likeness (QED) is 0.244. The van der Waals surface area contributed by atoms with Crippen LogP contribution in [-0.2, 0) is 32.0 Å². The average Bonchev–Trinajstić information content (AvgIpc) is 3.29. The topological polar surface area (TPSA) is 179 Å². The number of nitrogens with two attached hydrogens (primary N) is 1. The monoisotopic (exact) mass is 458 g/mol. The number of benzene rings is 1. The summed E-state index contributed by atoms with van der Waals surface area (Å²) < 4.78 is 0. The molecule has 1 heterocycles. The molecule has 3 atom stereocenters. The SMILES string of the molecule is CC(C)C(N)C(=O)NC(Cc1ccccc1)C(=O)NCC(=O)NC(Cc1cnc[nH]1)C(=O)O. The lowest BCUT2D eigenvalue weighted by Gasteiger charge is -2.22. The smallest absolute Gasteiger partial charge is 0.326 e. The largest absolute Gasteiger partial charge is 0.480 e. The van der Waals surface area contributed by atoms with E-state index in [-0.39, 0.29) is 18.8 Å². The number of rotatable bonds is 12. The molecule has 0 bridgehead atoms. The van der Waals surface area contributed by atoms with E-state index in [0.29, 0.717) is 5.69 Å². The van der Waals surface area contributed by atoms with Crippen molar-refractivity contribution >= 4 is 23.7 Å². The predicted molar refractivity (Wildman–Crippen MR) is 120 cm³/mol. The number of carboxylic acids is 1. The maximum atomic E-state index is 12.8. The molecule has 7 N–H and O–H groups in total. The summed E-state index contributed by atoms with van der Waals surface area (Å²) in [6.45, 7) is 3.13. The molecule has 178 valence electrons. The summed E-state index contributed by atoms with van der Waals surface area (Å²) in [5.74, 6) is -3.09. The lowest BCUT2D eigenvalue weighted by atomic mass is 10.0. The second-order valence-electron chi connectivity index (χ2n) is 7.98. The number of carbonyl (C=O) groups excluding carboxylic acids is 3. The average molecular weight is 459 g/mol. The van der Waals surface area contributed by atoms with Crippen molar-refractivity contribution in [3.05, 3.63) is 54.1 Å². The number of aliphatic carboxylic acids is 1. The van der Waals surface area contributed by atoms with E-state index in [1.54, 1.807) is 13.8 Å². The van der Waals surface area contributed by atoms with E-state index in [1.807, 2.05) is 30.3 Å². The van der Waals surface area contributed by atoms with Gasteiger partial charge in [-0.3, -0.25) is 14.4 Å². The van der Waals surface area contributed by atoms with Gasteiger partial charge in [0.2, 0.25) is 17.7 Å². The van der Waals surface area contributed by atoms with Gasteiger partial charge >= 0.3 is 5.97 Å². The summed E-state index contributed by atoms with van der Waals surface area (Å²) in [6.07, 6.45) is 3.07. The van der Waals surface area contributed by atoms with Gasteiger partial charge in [-0.05, 0) is 11.5 Å². The van der Waals surface area contributed by atoms with Gasteiger partial charge in [-0.1, -0.05) is 44.2 Å². The molecular weight excluding hydrogens is 428 g/mol. The van der Waals surface area contributed by atoms with E-state index in [1.165, 1.54) is 12.5 Å². The zero-order chi connectivity index (χ0) is 24.4. The first-order valence-electron chi connectivity index (χ1n) is 10.5. The first-order chi connectivity index (χ1) is 15.7. The fourth-order valence-electron chi connectivity index (χ4n) is 2.98. The van der Waals surface area contributed by atoms with Crippen LogP contribution in [0.15, 0.2) is 42.9 Å². The van der Waals surface area contributed by atoms with Gasteiger partial charge in [-0.15, -0.1) is 0 Å². The maximum absolute atomic E-state index is 12.8. The van der Waals surface area contributed by atoms with Crippen LogP contribution >= 0.6 is 0 Å². The Morgan fingerprint density at radius 1 is 1.03 bits per heavy atom. The van der Waals surface area contributed by atoms with E-state index in [9.17, 15) is 24.3 Å². The molecule has 0 saturated heterocycles. The van der Waals surface area contributed by atoms with E-state index in [2.05, 4.69) is 25.9 Å². The number of aromatic amines is 1. The van der Waals surface area contributed by atoms with Crippen molar-refractivity contribution in [2.45, 2.75) is 44.8 Å². The highest BCUT2D eigenvalue weighted by atomic mass is 16.4. The van der Waals surface area contributed by atoms with E-state index < -0.39 is 48.4 Å². The minimum atomic E-state index is -1.22. The summed E-state index contributed by atoms with van der Waals surface area (Å²) in [6, 6.07) is 6.13. The Morgan fingerprint density at radius 2 is 1.73 bits per heavy atom. The zero-order valence-electron chi connectivity index (χ0n) is 18.6. The van der Waals surface area contributed by atoms with Crippen LogP contribution in [0.1, 0.15) is 25.1 Å². The molecule has 1 aromatic heterocycles. The first kappa shape index (κ1) is 25.5. The third kappa shape index (κ3) is 8.37. The Hall–Kier alpha value is -3.73. The second-order valence-corrected chi connectivity index (χ2v) is 7.98. The van der Waals surface area contributed by atoms with Gasteiger partial charge in [0.15, 0.2) is 0 Å². The number of aromatic nitrogens is 2. The van der Waals surface area contributed by atoms with Crippen molar-refractivity contribution in [3.8, 4) is 0 Å². The highest BCUT2D eigenvalue weighted by Crippen LogP contribution is 2.06. The fraction of sp³-hybridized carbons (Fsp3) is 0.409. The van der Waals surface area contributed by atoms with Crippen LogP contribution in [0.25, 0.3) is 0 Å². The van der Waals surface area contributed by atoms with Crippen molar-refractivity contribution in [1.82, 2.24) is 25.9 Å². The molecule has 11 heteroatoms. The normalized spacial score (nSPS) is 13.6. The van der Waals surface area contributed by atoms with E-state index in [4.69, 9.17) is 5.73 Å². The molecule has 1 aromatic carbocycles. The van der Waals surface area contributed by atoms with Crippen LogP contribution in [0.5, 0.6) is 0 Å². The Bertz CT molecular complexity index is 932. The predicted octanol–water partition coefficient (Wildman–Crippen LogP) is -0.651. The number of carboxylic acid groups (broad SMARTS) is 1.